The van der Waals surface area contributed by atoms with Crippen LogP contribution in [0.25, 0.3) is 0 Å². The predicted octanol–water partition coefficient (Wildman–Crippen LogP) is 1.85. The molecule has 0 spiro atoms. The van der Waals surface area contributed by atoms with Crippen molar-refractivity contribution in [2.75, 3.05) is 33.4 Å². The lowest BCUT2D eigenvalue weighted by molar-refractivity contribution is -0.134. The number of hydrogen-bond donors (Lipinski definition) is 1. The van der Waals surface area contributed by atoms with Crippen LogP contribution in [0.5, 0.6) is 5.75 Å². The minimum atomic E-state index is 0.137. The SMILES string of the molecule is CCN(C(=O)CC1COCCN1)C(C)Cc1ccc(OC)cc1. The Morgan fingerprint density at radius 2 is 2.17 bits per heavy atom. The highest BCUT2D eigenvalue weighted by molar-refractivity contribution is 5.77. The molecular weight excluding hydrogens is 292 g/mol. The second-order valence-electron chi connectivity index (χ2n) is 6.01. The summed E-state index contributed by atoms with van der Waals surface area (Å²) in [5, 5.41) is 3.34. The van der Waals surface area contributed by atoms with E-state index in [9.17, 15) is 4.79 Å². The molecule has 2 unspecified atom stereocenters. The molecule has 1 aromatic carbocycles. The smallest absolute Gasteiger partial charge is 0.224 e. The van der Waals surface area contributed by atoms with E-state index in [1.165, 1.54) is 5.56 Å². The van der Waals surface area contributed by atoms with Gasteiger partial charge in [0.25, 0.3) is 0 Å². The van der Waals surface area contributed by atoms with Crippen molar-refractivity contribution in [1.29, 1.82) is 0 Å². The Hall–Kier alpha value is -1.59. The van der Waals surface area contributed by atoms with E-state index in [4.69, 9.17) is 9.47 Å². The molecule has 2 atom stereocenters. The van der Waals surface area contributed by atoms with Crippen molar-refractivity contribution in [3.63, 3.8) is 0 Å². The normalized spacial score (nSPS) is 19.2. The quantitative estimate of drug-likeness (QED) is 0.833. The summed E-state index contributed by atoms with van der Waals surface area (Å²) in [5.74, 6) is 1.05. The highest BCUT2D eigenvalue weighted by atomic mass is 16.5. The van der Waals surface area contributed by atoms with Crippen LogP contribution in [-0.4, -0.2) is 56.3 Å². The molecule has 1 N–H and O–H groups in total. The first-order valence-electron chi connectivity index (χ1n) is 8.37. The fourth-order valence-corrected chi connectivity index (χ4v) is 3.03. The lowest BCUT2D eigenvalue weighted by Crippen LogP contribution is -2.47. The van der Waals surface area contributed by atoms with Crippen LogP contribution in [0.2, 0.25) is 0 Å². The van der Waals surface area contributed by atoms with E-state index < -0.39 is 0 Å². The van der Waals surface area contributed by atoms with Gasteiger partial charge in [-0.3, -0.25) is 4.79 Å². The van der Waals surface area contributed by atoms with Crippen LogP contribution in [0.4, 0.5) is 0 Å². The monoisotopic (exact) mass is 320 g/mol. The first-order chi connectivity index (χ1) is 11.1. The van der Waals surface area contributed by atoms with Crippen molar-refractivity contribution < 1.29 is 14.3 Å². The van der Waals surface area contributed by atoms with Crippen molar-refractivity contribution >= 4 is 5.91 Å². The van der Waals surface area contributed by atoms with Gasteiger partial charge < -0.3 is 19.7 Å². The molecule has 5 nitrogen and oxygen atoms in total. The topological polar surface area (TPSA) is 50.8 Å². The van der Waals surface area contributed by atoms with Crippen LogP contribution < -0.4 is 10.1 Å². The molecule has 1 amide bonds. The Labute approximate surface area is 139 Å². The number of rotatable bonds is 7. The second-order valence-corrected chi connectivity index (χ2v) is 6.01. The molecule has 0 aromatic heterocycles. The second kappa shape index (κ2) is 8.89. The number of amides is 1. The van der Waals surface area contributed by atoms with Gasteiger partial charge in [0, 0.05) is 31.6 Å². The van der Waals surface area contributed by atoms with Crippen molar-refractivity contribution in [3.05, 3.63) is 29.8 Å². The number of carbonyl (C=O) groups excluding carboxylic acids is 1. The van der Waals surface area contributed by atoms with E-state index in [0.29, 0.717) is 13.0 Å². The molecule has 0 radical (unpaired) electrons. The molecule has 0 saturated carbocycles. The molecule has 2 rings (SSSR count). The summed E-state index contributed by atoms with van der Waals surface area (Å²) in [6.07, 6.45) is 1.35. The number of nitrogens with one attached hydrogen (secondary N) is 1. The Balaban J connectivity index is 1.90. The average molecular weight is 320 g/mol. The first-order valence-corrected chi connectivity index (χ1v) is 8.37. The number of benzene rings is 1. The highest BCUT2D eigenvalue weighted by Gasteiger charge is 2.23. The largest absolute Gasteiger partial charge is 0.497 e. The zero-order valence-electron chi connectivity index (χ0n) is 14.4. The van der Waals surface area contributed by atoms with Gasteiger partial charge >= 0.3 is 0 Å². The molecule has 1 aliphatic rings. The molecule has 1 fully saturated rings. The molecular formula is C18H28N2O3. The maximum Gasteiger partial charge on any atom is 0.224 e. The number of ether oxygens (including phenoxy) is 2. The van der Waals surface area contributed by atoms with E-state index >= 15 is 0 Å². The highest BCUT2D eigenvalue weighted by Crippen LogP contribution is 2.15. The number of likely N-dealkylation sites (N-methyl/N-ethyl adjacent to an activating group) is 1. The van der Waals surface area contributed by atoms with Crippen LogP contribution in [-0.2, 0) is 16.0 Å². The van der Waals surface area contributed by atoms with Crippen LogP contribution >= 0.6 is 0 Å². The summed E-state index contributed by atoms with van der Waals surface area (Å²) in [6.45, 7) is 7.05. The van der Waals surface area contributed by atoms with Crippen LogP contribution in [0.3, 0.4) is 0 Å². The summed E-state index contributed by atoms with van der Waals surface area (Å²) in [4.78, 5) is 14.5. The summed E-state index contributed by atoms with van der Waals surface area (Å²) in [6, 6.07) is 8.35. The Morgan fingerprint density at radius 3 is 2.74 bits per heavy atom. The third-order valence-electron chi connectivity index (χ3n) is 4.30. The molecule has 1 saturated heterocycles. The fourth-order valence-electron chi connectivity index (χ4n) is 3.03. The van der Waals surface area contributed by atoms with Crippen molar-refractivity contribution in [2.24, 2.45) is 0 Å². The van der Waals surface area contributed by atoms with Crippen molar-refractivity contribution in [3.8, 4) is 5.75 Å². The molecule has 23 heavy (non-hydrogen) atoms. The maximum absolute atomic E-state index is 12.6. The first kappa shape index (κ1) is 17.8. The van der Waals surface area contributed by atoms with E-state index in [0.717, 1.165) is 31.9 Å². The summed E-state index contributed by atoms with van der Waals surface area (Å²) < 4.78 is 10.6. The molecule has 0 bridgehead atoms. The van der Waals surface area contributed by atoms with Gasteiger partial charge in [0.15, 0.2) is 0 Å². The van der Waals surface area contributed by atoms with E-state index in [1.807, 2.05) is 24.0 Å². The van der Waals surface area contributed by atoms with E-state index in [-0.39, 0.29) is 18.0 Å². The number of hydrogen-bond acceptors (Lipinski definition) is 4. The third-order valence-corrected chi connectivity index (χ3v) is 4.30. The predicted molar refractivity (Wildman–Crippen MR) is 90.8 cm³/mol. The number of methoxy groups -OCH3 is 1. The Morgan fingerprint density at radius 1 is 1.43 bits per heavy atom. The molecule has 5 heteroatoms. The summed E-state index contributed by atoms with van der Waals surface area (Å²) in [7, 11) is 1.66. The zero-order valence-corrected chi connectivity index (χ0v) is 14.4. The fraction of sp³-hybridized carbons (Fsp3) is 0.611. The van der Waals surface area contributed by atoms with Crippen LogP contribution in [0, 0.1) is 0 Å². The van der Waals surface area contributed by atoms with Gasteiger partial charge in [0.1, 0.15) is 5.75 Å². The van der Waals surface area contributed by atoms with Crippen LogP contribution in [0.1, 0.15) is 25.8 Å². The van der Waals surface area contributed by atoms with Gasteiger partial charge in [-0.25, -0.2) is 0 Å². The Kier molecular flexibility index (Phi) is 6.86. The molecule has 1 heterocycles. The van der Waals surface area contributed by atoms with Crippen molar-refractivity contribution in [1.82, 2.24) is 10.2 Å². The van der Waals surface area contributed by atoms with Gasteiger partial charge in [-0.2, -0.15) is 0 Å². The number of nitrogens with zero attached hydrogens (tertiary/aromatic N) is 1. The summed E-state index contributed by atoms with van der Waals surface area (Å²) >= 11 is 0. The molecule has 0 aliphatic carbocycles. The minimum absolute atomic E-state index is 0.137. The molecule has 1 aliphatic heterocycles. The van der Waals surface area contributed by atoms with E-state index in [1.54, 1.807) is 7.11 Å². The van der Waals surface area contributed by atoms with Gasteiger partial charge in [0.05, 0.1) is 20.3 Å². The third kappa shape index (κ3) is 5.22. The van der Waals surface area contributed by atoms with Gasteiger partial charge in [-0.05, 0) is 38.0 Å². The van der Waals surface area contributed by atoms with Crippen molar-refractivity contribution in [2.45, 2.75) is 38.8 Å². The van der Waals surface area contributed by atoms with Crippen LogP contribution in [0.15, 0.2) is 24.3 Å². The number of carbonyl (C=O) groups is 1. The van der Waals surface area contributed by atoms with Gasteiger partial charge in [0.2, 0.25) is 5.91 Å². The minimum Gasteiger partial charge on any atom is -0.497 e. The number of morpholine rings is 1. The summed E-state index contributed by atoms with van der Waals surface area (Å²) in [5.41, 5.74) is 1.21. The van der Waals surface area contributed by atoms with E-state index in [2.05, 4.69) is 24.4 Å². The van der Waals surface area contributed by atoms with Gasteiger partial charge in [-0.15, -0.1) is 0 Å². The maximum atomic E-state index is 12.6. The lowest BCUT2D eigenvalue weighted by Gasteiger charge is -2.31. The van der Waals surface area contributed by atoms with Gasteiger partial charge in [-0.1, -0.05) is 12.1 Å². The zero-order chi connectivity index (χ0) is 16.7. The Bertz CT molecular complexity index is 484. The molecule has 1 aromatic rings. The molecule has 128 valence electrons. The standard InChI is InChI=1S/C18H28N2O3/c1-4-20(18(21)12-16-13-23-10-9-19-16)14(2)11-15-5-7-17(22-3)8-6-15/h5-8,14,16,19H,4,9-13H2,1-3H3. The average Bonchev–Trinajstić information content (AvgIpc) is 2.57. The lowest BCUT2D eigenvalue weighted by atomic mass is 10.0.